The number of azide groups is 1. The van der Waals surface area contributed by atoms with Crippen LogP contribution in [0.1, 0.15) is 47.8 Å². The molecule has 8 heteroatoms. The number of nitrogens with one attached hydrogen (secondary N) is 1. The molecule has 1 aromatic rings. The predicted molar refractivity (Wildman–Crippen MR) is 90.7 cm³/mol. The van der Waals surface area contributed by atoms with E-state index in [4.69, 9.17) is 15.0 Å². The molecule has 130 valence electrons. The number of nitrogens with zero attached hydrogens (tertiary/aromatic N) is 3. The van der Waals surface area contributed by atoms with Crippen molar-refractivity contribution in [3.63, 3.8) is 0 Å². The van der Waals surface area contributed by atoms with Crippen molar-refractivity contribution in [1.82, 2.24) is 0 Å². The molecule has 1 N–H and O–H groups in total. The number of rotatable bonds is 3. The van der Waals surface area contributed by atoms with E-state index in [-0.39, 0.29) is 11.3 Å². The summed E-state index contributed by atoms with van der Waals surface area (Å²) in [5.41, 5.74) is 10.5. The summed E-state index contributed by atoms with van der Waals surface area (Å²) in [6.45, 7) is 10.3. The summed E-state index contributed by atoms with van der Waals surface area (Å²) in [7, 11) is 1.26. The fourth-order valence-electron chi connectivity index (χ4n) is 2.40. The first kappa shape index (κ1) is 19.3. The van der Waals surface area contributed by atoms with E-state index in [1.807, 2.05) is 0 Å². The lowest BCUT2D eigenvalue weighted by Crippen LogP contribution is -2.28. The van der Waals surface area contributed by atoms with Crippen LogP contribution >= 0.6 is 0 Å². The van der Waals surface area contributed by atoms with Gasteiger partial charge in [-0.05, 0) is 63.8 Å². The van der Waals surface area contributed by atoms with Gasteiger partial charge in [0, 0.05) is 10.6 Å². The number of carbonyl (C=O) groups excluding carboxylic acids is 2. The third kappa shape index (κ3) is 4.17. The summed E-state index contributed by atoms with van der Waals surface area (Å²) >= 11 is 0. The summed E-state index contributed by atoms with van der Waals surface area (Å²) < 4.78 is 10.0. The zero-order chi connectivity index (χ0) is 18.7. The van der Waals surface area contributed by atoms with E-state index in [2.05, 4.69) is 15.3 Å². The molecule has 0 saturated carbocycles. The van der Waals surface area contributed by atoms with Crippen LogP contribution in [-0.2, 0) is 9.47 Å². The lowest BCUT2D eigenvalue weighted by atomic mass is 9.95. The van der Waals surface area contributed by atoms with Gasteiger partial charge in [0.15, 0.2) is 0 Å². The molecule has 0 aliphatic carbocycles. The highest BCUT2D eigenvalue weighted by Crippen LogP contribution is 2.37. The first-order chi connectivity index (χ1) is 11.0. The number of methoxy groups -OCH3 is 1. The Hall–Kier alpha value is -2.73. The van der Waals surface area contributed by atoms with Crippen molar-refractivity contribution in [1.29, 1.82) is 0 Å². The van der Waals surface area contributed by atoms with Gasteiger partial charge in [-0.25, -0.2) is 9.59 Å². The largest absolute Gasteiger partial charge is 0.465 e. The van der Waals surface area contributed by atoms with Crippen molar-refractivity contribution in [3.05, 3.63) is 32.7 Å². The summed E-state index contributed by atoms with van der Waals surface area (Å²) in [5, 5.41) is 6.28. The monoisotopic (exact) mass is 334 g/mol. The third-order valence-corrected chi connectivity index (χ3v) is 3.37. The lowest BCUT2D eigenvalue weighted by Gasteiger charge is -2.23. The number of ether oxygens (including phenoxy) is 2. The maximum absolute atomic E-state index is 12.1. The highest BCUT2D eigenvalue weighted by atomic mass is 16.6. The van der Waals surface area contributed by atoms with Crippen molar-refractivity contribution in [2.24, 2.45) is 5.11 Å². The first-order valence-corrected chi connectivity index (χ1v) is 7.30. The molecule has 0 spiro atoms. The van der Waals surface area contributed by atoms with Gasteiger partial charge in [-0.3, -0.25) is 5.32 Å². The zero-order valence-electron chi connectivity index (χ0n) is 15.0. The van der Waals surface area contributed by atoms with Crippen LogP contribution in [0.5, 0.6) is 0 Å². The van der Waals surface area contributed by atoms with Gasteiger partial charge >= 0.3 is 12.1 Å². The molecule has 24 heavy (non-hydrogen) atoms. The number of anilines is 1. The Morgan fingerprint density at radius 1 is 1.12 bits per heavy atom. The molecule has 0 aromatic heterocycles. The molecule has 8 nitrogen and oxygen atoms in total. The van der Waals surface area contributed by atoms with Gasteiger partial charge in [0.2, 0.25) is 0 Å². The van der Waals surface area contributed by atoms with Gasteiger partial charge in [-0.2, -0.15) is 0 Å². The average Bonchev–Trinajstić information content (AvgIpc) is 2.46. The molecule has 1 aromatic carbocycles. The molecule has 0 unspecified atom stereocenters. The molecule has 0 fully saturated rings. The van der Waals surface area contributed by atoms with Gasteiger partial charge in [-0.1, -0.05) is 5.11 Å². The molecule has 0 atom stereocenters. The molecule has 0 aliphatic rings. The lowest BCUT2D eigenvalue weighted by molar-refractivity contribution is 0.0594. The average molecular weight is 334 g/mol. The topological polar surface area (TPSA) is 113 Å². The minimum absolute atomic E-state index is 0.247. The second-order valence-corrected chi connectivity index (χ2v) is 6.28. The molecule has 0 saturated heterocycles. The molecule has 1 amide bonds. The first-order valence-electron chi connectivity index (χ1n) is 7.30. The summed E-state index contributed by atoms with van der Waals surface area (Å²) in [5.74, 6) is -0.577. The molecule has 1 rings (SSSR count). The molecule has 0 bridgehead atoms. The molecule has 0 aliphatic heterocycles. The van der Waals surface area contributed by atoms with Crippen LogP contribution in [0.4, 0.5) is 16.2 Å². The van der Waals surface area contributed by atoms with Crippen molar-refractivity contribution in [3.8, 4) is 0 Å². The predicted octanol–water partition coefficient (Wildman–Crippen LogP) is 4.69. The summed E-state index contributed by atoms with van der Waals surface area (Å²) in [6, 6.07) is 0. The minimum atomic E-state index is -0.671. The maximum Gasteiger partial charge on any atom is 0.412 e. The van der Waals surface area contributed by atoms with Crippen LogP contribution in [0.3, 0.4) is 0 Å². The number of carbonyl (C=O) groups is 2. The second kappa shape index (κ2) is 7.23. The van der Waals surface area contributed by atoms with Crippen LogP contribution in [0.25, 0.3) is 10.4 Å². The molecule has 0 radical (unpaired) electrons. The second-order valence-electron chi connectivity index (χ2n) is 6.28. The summed E-state index contributed by atoms with van der Waals surface area (Å²) in [4.78, 5) is 27.0. The van der Waals surface area contributed by atoms with E-state index in [1.54, 1.807) is 41.5 Å². The van der Waals surface area contributed by atoms with E-state index < -0.39 is 17.7 Å². The third-order valence-electron chi connectivity index (χ3n) is 3.37. The Labute approximate surface area is 140 Å². The highest BCUT2D eigenvalue weighted by Gasteiger charge is 2.24. The fourth-order valence-corrected chi connectivity index (χ4v) is 2.40. The number of amides is 1. The van der Waals surface area contributed by atoms with Crippen LogP contribution in [-0.4, -0.2) is 24.8 Å². The van der Waals surface area contributed by atoms with E-state index >= 15 is 0 Å². The number of benzene rings is 1. The van der Waals surface area contributed by atoms with Gasteiger partial charge in [0.05, 0.1) is 18.4 Å². The van der Waals surface area contributed by atoms with Gasteiger partial charge in [0.25, 0.3) is 0 Å². The van der Waals surface area contributed by atoms with Gasteiger partial charge in [-0.15, -0.1) is 0 Å². The van der Waals surface area contributed by atoms with Crippen LogP contribution in [0.15, 0.2) is 5.11 Å². The molecular weight excluding hydrogens is 312 g/mol. The van der Waals surface area contributed by atoms with Crippen molar-refractivity contribution < 1.29 is 19.1 Å². The normalized spacial score (nSPS) is 10.6. The standard InChI is InChI=1S/C16H22N4O4/c1-8-11(14(21)23-7)9(2)13(19-20-17)10(3)12(8)18-15(22)24-16(4,5)6/h1-7H3,(H,18,22). The van der Waals surface area contributed by atoms with E-state index in [1.165, 1.54) is 7.11 Å². The van der Waals surface area contributed by atoms with Crippen LogP contribution in [0.2, 0.25) is 0 Å². The van der Waals surface area contributed by atoms with Gasteiger partial charge < -0.3 is 9.47 Å². The Morgan fingerprint density at radius 2 is 1.71 bits per heavy atom. The Morgan fingerprint density at radius 3 is 2.17 bits per heavy atom. The van der Waals surface area contributed by atoms with Gasteiger partial charge in [0.1, 0.15) is 5.60 Å². The fraction of sp³-hybridized carbons (Fsp3) is 0.500. The van der Waals surface area contributed by atoms with E-state index in [0.717, 1.165) is 0 Å². The quantitative estimate of drug-likeness (QED) is 0.374. The van der Waals surface area contributed by atoms with Crippen LogP contribution < -0.4 is 5.32 Å². The number of hydrogen-bond donors (Lipinski definition) is 1. The molecule has 0 heterocycles. The zero-order valence-corrected chi connectivity index (χ0v) is 15.0. The summed E-state index contributed by atoms with van der Waals surface area (Å²) in [6.07, 6.45) is -0.666. The van der Waals surface area contributed by atoms with Crippen molar-refractivity contribution in [2.75, 3.05) is 12.4 Å². The highest BCUT2D eigenvalue weighted by molar-refractivity contribution is 5.99. The van der Waals surface area contributed by atoms with Crippen molar-refractivity contribution >= 4 is 23.4 Å². The minimum Gasteiger partial charge on any atom is -0.465 e. The Bertz CT molecular complexity index is 729. The SMILES string of the molecule is COC(=O)c1c(C)c(N=[N+]=[N-])c(C)c(NC(=O)OC(C)(C)C)c1C. The number of esters is 1. The number of hydrogen-bond acceptors (Lipinski definition) is 5. The molecular formula is C16H22N4O4. The van der Waals surface area contributed by atoms with E-state index in [0.29, 0.717) is 22.4 Å². The maximum atomic E-state index is 12.1. The Kier molecular flexibility index (Phi) is 5.82. The van der Waals surface area contributed by atoms with Crippen molar-refractivity contribution in [2.45, 2.75) is 47.1 Å². The Balaban J connectivity index is 3.54. The van der Waals surface area contributed by atoms with E-state index in [9.17, 15) is 9.59 Å². The smallest absolute Gasteiger partial charge is 0.412 e. The van der Waals surface area contributed by atoms with Crippen LogP contribution in [0, 0.1) is 20.8 Å².